The molecule has 1 aromatic heterocycles. The van der Waals surface area contributed by atoms with Crippen LogP contribution in [0, 0.1) is 6.92 Å². The van der Waals surface area contributed by atoms with Gasteiger partial charge in [0.25, 0.3) is 0 Å². The fourth-order valence-corrected chi connectivity index (χ4v) is 3.13. The Balaban J connectivity index is 2.04. The maximum atomic E-state index is 11.8. The fourth-order valence-electron chi connectivity index (χ4n) is 3.13. The second kappa shape index (κ2) is 8.39. The Hall–Kier alpha value is -2.63. The second-order valence-corrected chi connectivity index (χ2v) is 6.63. The molecule has 3 rings (SSSR count). The van der Waals surface area contributed by atoms with Crippen LogP contribution in [0.3, 0.4) is 0 Å². The van der Waals surface area contributed by atoms with E-state index >= 15 is 0 Å². The molecule has 5 atom stereocenters. The van der Waals surface area contributed by atoms with Gasteiger partial charge in [0, 0.05) is 12.1 Å². The Morgan fingerprint density at radius 3 is 2.45 bits per heavy atom. The lowest BCUT2D eigenvalue weighted by Crippen LogP contribution is -2.60. The normalized spacial score (nSPS) is 26.9. The minimum atomic E-state index is -1.65. The molecule has 1 aliphatic rings. The number of hydrogen-bond acceptors (Lipinski definition) is 10. The summed E-state index contributed by atoms with van der Waals surface area (Å²) in [7, 11) is 1.38. The number of aromatic hydroxyl groups is 1. The SMILES string of the molecule is COc1cc(-c2c(C)cc(O)cc2O[C@@H]2O[C@@H](CO)[C@@H](O)[C@@H](O)[C@@H]2O)oc(=O)c1. The molecule has 0 bridgehead atoms. The van der Waals surface area contributed by atoms with Gasteiger partial charge in [0.2, 0.25) is 6.29 Å². The molecular formula is C19H22O10. The average molecular weight is 410 g/mol. The van der Waals surface area contributed by atoms with Gasteiger partial charge in [0.1, 0.15) is 47.4 Å². The standard InChI is InChI=1S/C19H22O10/c1-8-3-9(21)4-11(15(8)12-5-10(26-2)6-14(22)27-12)28-19-18(25)17(24)16(23)13(7-20)29-19/h3-6,13,16-21,23-25H,7H2,1-2H3/t13-,16+,17+,18-,19+/m0/s1. The molecule has 29 heavy (non-hydrogen) atoms. The first-order valence-corrected chi connectivity index (χ1v) is 8.75. The molecule has 10 heteroatoms. The number of ether oxygens (including phenoxy) is 3. The van der Waals surface area contributed by atoms with E-state index in [4.69, 9.17) is 18.6 Å². The van der Waals surface area contributed by atoms with E-state index in [9.17, 15) is 30.3 Å². The molecule has 0 spiro atoms. The van der Waals surface area contributed by atoms with Crippen molar-refractivity contribution in [3.05, 3.63) is 40.2 Å². The smallest absolute Gasteiger partial charge is 0.339 e. The molecule has 0 radical (unpaired) electrons. The lowest BCUT2D eigenvalue weighted by Gasteiger charge is -2.39. The quantitative estimate of drug-likeness (QED) is 0.435. The van der Waals surface area contributed by atoms with Gasteiger partial charge in [-0.15, -0.1) is 0 Å². The van der Waals surface area contributed by atoms with Crippen molar-refractivity contribution in [3.63, 3.8) is 0 Å². The molecule has 0 unspecified atom stereocenters. The highest BCUT2D eigenvalue weighted by Crippen LogP contribution is 2.38. The van der Waals surface area contributed by atoms with Gasteiger partial charge in [-0.05, 0) is 18.6 Å². The number of aliphatic hydroxyl groups is 4. The van der Waals surface area contributed by atoms with Crippen LogP contribution >= 0.6 is 0 Å². The first kappa shape index (κ1) is 21.1. The van der Waals surface area contributed by atoms with E-state index in [0.29, 0.717) is 5.56 Å². The molecule has 5 N–H and O–H groups in total. The molecule has 1 fully saturated rings. The van der Waals surface area contributed by atoms with Crippen molar-refractivity contribution in [3.8, 4) is 28.6 Å². The van der Waals surface area contributed by atoms with Crippen molar-refractivity contribution >= 4 is 0 Å². The summed E-state index contributed by atoms with van der Waals surface area (Å²) in [4.78, 5) is 11.8. The highest BCUT2D eigenvalue weighted by atomic mass is 16.7. The van der Waals surface area contributed by atoms with E-state index in [1.165, 1.54) is 25.3 Å². The zero-order valence-corrected chi connectivity index (χ0v) is 15.7. The minimum absolute atomic E-state index is 0.0248. The molecule has 1 aromatic carbocycles. The van der Waals surface area contributed by atoms with Crippen LogP contribution in [0.25, 0.3) is 11.3 Å². The molecule has 0 amide bonds. The minimum Gasteiger partial charge on any atom is -0.508 e. The largest absolute Gasteiger partial charge is 0.508 e. The lowest BCUT2D eigenvalue weighted by atomic mass is 9.99. The summed E-state index contributed by atoms with van der Waals surface area (Å²) in [5.41, 5.74) is 0.0716. The molecule has 158 valence electrons. The van der Waals surface area contributed by atoms with Crippen molar-refractivity contribution < 1.29 is 44.2 Å². The summed E-state index contributed by atoms with van der Waals surface area (Å²) in [6, 6.07) is 5.22. The van der Waals surface area contributed by atoms with Gasteiger partial charge in [-0.25, -0.2) is 4.79 Å². The third-order valence-electron chi connectivity index (χ3n) is 4.60. The Bertz CT molecular complexity index is 922. The predicted molar refractivity (Wildman–Crippen MR) is 97.8 cm³/mol. The predicted octanol–water partition coefficient (Wildman–Crippen LogP) is -0.492. The zero-order chi connectivity index (χ0) is 21.3. The molecule has 10 nitrogen and oxygen atoms in total. The molecule has 0 saturated carbocycles. The summed E-state index contributed by atoms with van der Waals surface area (Å²) in [6.07, 6.45) is -7.49. The van der Waals surface area contributed by atoms with Crippen LogP contribution in [0.1, 0.15) is 5.56 Å². The number of aryl methyl sites for hydroxylation is 1. The Morgan fingerprint density at radius 1 is 1.07 bits per heavy atom. The number of aliphatic hydroxyl groups excluding tert-OH is 4. The van der Waals surface area contributed by atoms with Crippen LogP contribution in [0.5, 0.6) is 17.2 Å². The summed E-state index contributed by atoms with van der Waals surface area (Å²) >= 11 is 0. The number of methoxy groups -OCH3 is 1. The molecule has 0 aliphatic carbocycles. The number of rotatable bonds is 5. The van der Waals surface area contributed by atoms with E-state index in [1.54, 1.807) is 6.92 Å². The maximum absolute atomic E-state index is 11.8. The van der Waals surface area contributed by atoms with Crippen LogP contribution in [0.15, 0.2) is 33.5 Å². The van der Waals surface area contributed by atoms with Crippen molar-refractivity contribution in [2.24, 2.45) is 0 Å². The number of hydrogen-bond donors (Lipinski definition) is 5. The van der Waals surface area contributed by atoms with E-state index in [-0.39, 0.29) is 28.6 Å². The summed E-state index contributed by atoms with van der Waals surface area (Å²) < 4.78 is 21.3. The van der Waals surface area contributed by atoms with Gasteiger partial charge in [-0.2, -0.15) is 0 Å². The van der Waals surface area contributed by atoms with E-state index in [2.05, 4.69) is 0 Å². The summed E-state index contributed by atoms with van der Waals surface area (Å²) in [5, 5.41) is 49.4. The van der Waals surface area contributed by atoms with Gasteiger partial charge >= 0.3 is 5.63 Å². The summed E-state index contributed by atoms with van der Waals surface area (Å²) in [5.74, 6) is 0.119. The van der Waals surface area contributed by atoms with E-state index in [0.717, 1.165) is 6.07 Å². The van der Waals surface area contributed by atoms with Crippen molar-refractivity contribution in [1.82, 2.24) is 0 Å². The third kappa shape index (κ3) is 4.21. The first-order valence-electron chi connectivity index (χ1n) is 8.75. The number of phenols is 1. The van der Waals surface area contributed by atoms with Crippen molar-refractivity contribution in [1.29, 1.82) is 0 Å². The van der Waals surface area contributed by atoms with Gasteiger partial charge in [-0.1, -0.05) is 0 Å². The second-order valence-electron chi connectivity index (χ2n) is 6.63. The Morgan fingerprint density at radius 2 is 1.79 bits per heavy atom. The molecule has 1 aliphatic heterocycles. The fraction of sp³-hybridized carbons (Fsp3) is 0.421. The van der Waals surface area contributed by atoms with Crippen molar-refractivity contribution in [2.75, 3.05) is 13.7 Å². The van der Waals surface area contributed by atoms with Gasteiger partial charge in [-0.3, -0.25) is 0 Å². The maximum Gasteiger partial charge on any atom is 0.339 e. The van der Waals surface area contributed by atoms with Crippen LogP contribution in [-0.4, -0.2) is 70.0 Å². The van der Waals surface area contributed by atoms with E-state index < -0.39 is 42.9 Å². The molecular weight excluding hydrogens is 388 g/mol. The molecule has 2 heterocycles. The van der Waals surface area contributed by atoms with Crippen LogP contribution in [0.2, 0.25) is 0 Å². The van der Waals surface area contributed by atoms with E-state index in [1.807, 2.05) is 0 Å². The first-order chi connectivity index (χ1) is 13.7. The topological polar surface area (TPSA) is 159 Å². The van der Waals surface area contributed by atoms with Crippen LogP contribution in [0.4, 0.5) is 0 Å². The number of benzene rings is 1. The molecule has 1 saturated heterocycles. The third-order valence-corrected chi connectivity index (χ3v) is 4.60. The highest BCUT2D eigenvalue weighted by Gasteiger charge is 2.45. The van der Waals surface area contributed by atoms with Gasteiger partial charge in [0.05, 0.1) is 25.3 Å². The van der Waals surface area contributed by atoms with Crippen molar-refractivity contribution in [2.45, 2.75) is 37.6 Å². The Labute approximate surface area is 165 Å². The Kier molecular flexibility index (Phi) is 6.10. The van der Waals surface area contributed by atoms with Gasteiger partial charge in [0.15, 0.2) is 0 Å². The average Bonchev–Trinajstić information content (AvgIpc) is 2.67. The van der Waals surface area contributed by atoms with Gasteiger partial charge < -0.3 is 44.2 Å². The summed E-state index contributed by atoms with van der Waals surface area (Å²) in [6.45, 7) is 1.01. The monoisotopic (exact) mass is 410 g/mol. The molecule has 2 aromatic rings. The zero-order valence-electron chi connectivity index (χ0n) is 15.7. The number of phenolic OH excluding ortho intramolecular Hbond substituents is 1. The highest BCUT2D eigenvalue weighted by molar-refractivity contribution is 5.72. The van der Waals surface area contributed by atoms with Crippen LogP contribution in [-0.2, 0) is 4.74 Å². The lowest BCUT2D eigenvalue weighted by molar-refractivity contribution is -0.277. The van der Waals surface area contributed by atoms with Crippen LogP contribution < -0.4 is 15.1 Å².